The topological polar surface area (TPSA) is 80.1 Å². The van der Waals surface area contributed by atoms with Crippen molar-refractivity contribution in [2.24, 2.45) is 5.73 Å². The van der Waals surface area contributed by atoms with Crippen molar-refractivity contribution < 1.29 is 4.74 Å². The van der Waals surface area contributed by atoms with E-state index in [2.05, 4.69) is 58.6 Å². The molecule has 1 aromatic carbocycles. The van der Waals surface area contributed by atoms with Crippen LogP contribution in [-0.2, 0) is 16.7 Å². The lowest BCUT2D eigenvalue weighted by atomic mass is 9.96. The van der Waals surface area contributed by atoms with E-state index in [1.54, 1.807) is 11.3 Å². The molecule has 1 atom stereocenters. The summed E-state index contributed by atoms with van der Waals surface area (Å²) in [5, 5.41) is 3.22. The van der Waals surface area contributed by atoms with Crippen molar-refractivity contribution in [2.75, 3.05) is 31.2 Å². The number of ether oxygens (including phenoxy) is 1. The fourth-order valence-electron chi connectivity index (χ4n) is 3.98. The van der Waals surface area contributed by atoms with E-state index in [0.29, 0.717) is 19.6 Å². The summed E-state index contributed by atoms with van der Waals surface area (Å²) in [7, 11) is 0. The first kappa shape index (κ1) is 19.2. The maximum absolute atomic E-state index is 6.70. The van der Waals surface area contributed by atoms with Gasteiger partial charge in [0.25, 0.3) is 0 Å². The number of rotatable bonds is 5. The molecule has 154 valence electrons. The highest BCUT2D eigenvalue weighted by Gasteiger charge is 2.26. The Morgan fingerprint density at radius 3 is 2.83 bits per heavy atom. The summed E-state index contributed by atoms with van der Waals surface area (Å²) >= 11 is 1.67. The summed E-state index contributed by atoms with van der Waals surface area (Å²) in [4.78, 5) is 16.6. The SMILES string of the molecule is CC(N)(Cc1nc(-c2cccc3[nH]ccc23)cc(N2CCOCC2)n1)c1cccs1. The lowest BCUT2D eigenvalue weighted by Gasteiger charge is -2.29. The third kappa shape index (κ3) is 3.71. The Morgan fingerprint density at radius 1 is 1.17 bits per heavy atom. The van der Waals surface area contributed by atoms with Gasteiger partial charge in [-0.1, -0.05) is 18.2 Å². The Bertz CT molecular complexity index is 1150. The Hall–Kier alpha value is -2.74. The van der Waals surface area contributed by atoms with Crippen LogP contribution in [0.5, 0.6) is 0 Å². The molecule has 4 aromatic rings. The van der Waals surface area contributed by atoms with Gasteiger partial charge in [-0.3, -0.25) is 0 Å². The number of thiophene rings is 1. The van der Waals surface area contributed by atoms with Gasteiger partial charge in [0.1, 0.15) is 11.6 Å². The van der Waals surface area contributed by atoms with Crippen molar-refractivity contribution in [1.29, 1.82) is 0 Å². The number of aromatic nitrogens is 3. The molecule has 6 nitrogen and oxygen atoms in total. The van der Waals surface area contributed by atoms with E-state index in [-0.39, 0.29) is 0 Å². The fraction of sp³-hybridized carbons (Fsp3) is 0.304. The Balaban J connectivity index is 1.59. The zero-order valence-electron chi connectivity index (χ0n) is 17.0. The molecular formula is C23H25N5OS. The van der Waals surface area contributed by atoms with Crippen molar-refractivity contribution in [2.45, 2.75) is 18.9 Å². The van der Waals surface area contributed by atoms with E-state index in [9.17, 15) is 0 Å². The maximum atomic E-state index is 6.70. The summed E-state index contributed by atoms with van der Waals surface area (Å²) < 4.78 is 5.54. The predicted molar refractivity (Wildman–Crippen MR) is 122 cm³/mol. The molecule has 0 spiro atoms. The monoisotopic (exact) mass is 419 g/mol. The molecule has 0 aliphatic carbocycles. The third-order valence-electron chi connectivity index (χ3n) is 5.57. The number of morpholine rings is 1. The normalized spacial score (nSPS) is 16.7. The van der Waals surface area contributed by atoms with Crippen LogP contribution in [0.1, 0.15) is 17.6 Å². The number of hydrogen-bond acceptors (Lipinski definition) is 6. The van der Waals surface area contributed by atoms with Gasteiger partial charge in [-0.15, -0.1) is 11.3 Å². The number of fused-ring (bicyclic) bond motifs is 1. The molecule has 7 heteroatoms. The van der Waals surface area contributed by atoms with E-state index in [1.165, 1.54) is 0 Å². The zero-order chi connectivity index (χ0) is 20.6. The van der Waals surface area contributed by atoms with Gasteiger partial charge in [0, 0.05) is 53.1 Å². The molecule has 0 saturated carbocycles. The van der Waals surface area contributed by atoms with Crippen LogP contribution in [0.3, 0.4) is 0 Å². The number of hydrogen-bond donors (Lipinski definition) is 2. The van der Waals surface area contributed by atoms with E-state index in [4.69, 9.17) is 20.4 Å². The summed E-state index contributed by atoms with van der Waals surface area (Å²) in [5.41, 5.74) is 9.30. The minimum Gasteiger partial charge on any atom is -0.378 e. The molecule has 5 rings (SSSR count). The van der Waals surface area contributed by atoms with Gasteiger partial charge in [-0.05, 0) is 30.5 Å². The van der Waals surface area contributed by atoms with Crippen LogP contribution in [0.25, 0.3) is 22.2 Å². The van der Waals surface area contributed by atoms with Gasteiger partial charge >= 0.3 is 0 Å². The number of anilines is 1. The molecule has 1 saturated heterocycles. The van der Waals surface area contributed by atoms with Crippen molar-refractivity contribution in [3.8, 4) is 11.3 Å². The van der Waals surface area contributed by atoms with Gasteiger partial charge in [0.2, 0.25) is 0 Å². The highest BCUT2D eigenvalue weighted by Crippen LogP contribution is 2.31. The summed E-state index contributed by atoms with van der Waals surface area (Å²) in [6.07, 6.45) is 2.54. The van der Waals surface area contributed by atoms with Crippen LogP contribution in [-0.4, -0.2) is 41.3 Å². The summed E-state index contributed by atoms with van der Waals surface area (Å²) in [6, 6.07) is 14.6. The quantitative estimate of drug-likeness (QED) is 0.512. The first-order valence-electron chi connectivity index (χ1n) is 10.2. The Morgan fingerprint density at radius 2 is 2.03 bits per heavy atom. The molecule has 4 heterocycles. The number of aromatic amines is 1. The third-order valence-corrected chi connectivity index (χ3v) is 6.72. The van der Waals surface area contributed by atoms with E-state index in [1.807, 2.05) is 12.3 Å². The second-order valence-electron chi connectivity index (χ2n) is 7.94. The first-order chi connectivity index (χ1) is 14.6. The van der Waals surface area contributed by atoms with Crippen LogP contribution in [0.4, 0.5) is 5.82 Å². The average Bonchev–Trinajstić information content (AvgIpc) is 3.46. The lowest BCUT2D eigenvalue weighted by Crippen LogP contribution is -2.38. The zero-order valence-corrected chi connectivity index (χ0v) is 17.8. The van der Waals surface area contributed by atoms with Crippen LogP contribution in [0, 0.1) is 0 Å². The summed E-state index contributed by atoms with van der Waals surface area (Å²) in [6.45, 7) is 5.14. The van der Waals surface area contributed by atoms with Gasteiger partial charge < -0.3 is 20.4 Å². The van der Waals surface area contributed by atoms with Crippen LogP contribution < -0.4 is 10.6 Å². The minimum absolute atomic E-state index is 0.519. The molecule has 1 fully saturated rings. The van der Waals surface area contributed by atoms with E-state index < -0.39 is 5.54 Å². The molecule has 0 radical (unpaired) electrons. The smallest absolute Gasteiger partial charge is 0.133 e. The number of nitrogens with zero attached hydrogens (tertiary/aromatic N) is 3. The molecule has 1 aliphatic heterocycles. The predicted octanol–water partition coefficient (Wildman–Crippen LogP) is 3.94. The van der Waals surface area contributed by atoms with Crippen molar-refractivity contribution >= 4 is 28.1 Å². The molecule has 1 aliphatic rings. The highest BCUT2D eigenvalue weighted by molar-refractivity contribution is 7.10. The molecule has 3 aromatic heterocycles. The Kier molecular flexibility index (Phi) is 5.02. The van der Waals surface area contributed by atoms with Crippen LogP contribution in [0.15, 0.2) is 54.0 Å². The highest BCUT2D eigenvalue weighted by atomic mass is 32.1. The second kappa shape index (κ2) is 7.83. The van der Waals surface area contributed by atoms with Gasteiger partial charge in [-0.2, -0.15) is 0 Å². The molecule has 3 N–H and O–H groups in total. The fourth-order valence-corrected chi connectivity index (χ4v) is 4.78. The van der Waals surface area contributed by atoms with E-state index >= 15 is 0 Å². The largest absolute Gasteiger partial charge is 0.378 e. The minimum atomic E-state index is -0.519. The number of nitrogens with one attached hydrogen (secondary N) is 1. The second-order valence-corrected chi connectivity index (χ2v) is 8.89. The number of nitrogens with two attached hydrogens (primary N) is 1. The molecular weight excluding hydrogens is 394 g/mol. The van der Waals surface area contributed by atoms with Crippen LogP contribution >= 0.6 is 11.3 Å². The van der Waals surface area contributed by atoms with Gasteiger partial charge in [0.15, 0.2) is 0 Å². The molecule has 0 bridgehead atoms. The standard InChI is InChI=1S/C23H25N5OS/c1-23(24,20-6-3-13-30-20)15-21-26-19(14-22(27-21)28-9-11-29-12-10-28)16-4-2-5-18-17(16)7-8-25-18/h2-8,13-14,25H,9-12,15,24H2,1H3. The average molecular weight is 420 g/mol. The van der Waals surface area contributed by atoms with Gasteiger partial charge in [-0.25, -0.2) is 9.97 Å². The lowest BCUT2D eigenvalue weighted by molar-refractivity contribution is 0.122. The molecule has 1 unspecified atom stereocenters. The van der Waals surface area contributed by atoms with Crippen LogP contribution in [0.2, 0.25) is 0 Å². The van der Waals surface area contributed by atoms with Crippen molar-refractivity contribution in [3.63, 3.8) is 0 Å². The van der Waals surface area contributed by atoms with Gasteiger partial charge in [0.05, 0.1) is 24.4 Å². The van der Waals surface area contributed by atoms with E-state index in [0.717, 1.165) is 51.8 Å². The van der Waals surface area contributed by atoms with Crippen molar-refractivity contribution in [3.05, 3.63) is 64.7 Å². The maximum Gasteiger partial charge on any atom is 0.133 e. The molecule has 30 heavy (non-hydrogen) atoms. The number of H-pyrrole nitrogens is 1. The van der Waals surface area contributed by atoms with Crippen molar-refractivity contribution in [1.82, 2.24) is 15.0 Å². The number of benzene rings is 1. The Labute approximate surface area is 179 Å². The summed E-state index contributed by atoms with van der Waals surface area (Å²) in [5.74, 6) is 1.70. The first-order valence-corrected chi connectivity index (χ1v) is 11.1. The molecule has 0 amide bonds.